The van der Waals surface area contributed by atoms with Gasteiger partial charge in [0, 0.05) is 5.70 Å². The van der Waals surface area contributed by atoms with Gasteiger partial charge in [0.15, 0.2) is 0 Å². The molecule has 0 radical (unpaired) electrons. The fraction of sp³-hybridized carbons (Fsp3) is 0.400. The van der Waals surface area contributed by atoms with Crippen LogP contribution in [0.25, 0.3) is 6.08 Å². The van der Waals surface area contributed by atoms with Crippen LogP contribution in [0, 0.1) is 0 Å². The minimum Gasteiger partial charge on any atom is -0.444 e. The number of amides is 1. The fourth-order valence-electron chi connectivity index (χ4n) is 1.41. The number of allylic oxidation sites excluding steroid dienone is 1. The van der Waals surface area contributed by atoms with Gasteiger partial charge in [-0.2, -0.15) is 0 Å². The second kappa shape index (κ2) is 6.24. The number of hydrogen-bond acceptors (Lipinski definition) is 2. The molecule has 18 heavy (non-hydrogen) atoms. The first-order valence-corrected chi connectivity index (χ1v) is 6.16. The van der Waals surface area contributed by atoms with Crippen LogP contribution in [0.2, 0.25) is 0 Å². The summed E-state index contributed by atoms with van der Waals surface area (Å²) in [6, 6.07) is 9.88. The van der Waals surface area contributed by atoms with Crippen LogP contribution in [-0.2, 0) is 4.74 Å². The molecule has 98 valence electrons. The molecule has 1 N–H and O–H groups in total. The average Bonchev–Trinajstić information content (AvgIpc) is 2.27. The highest BCUT2D eigenvalue weighted by molar-refractivity contribution is 5.72. The number of alkyl carbamates (subject to hydrolysis) is 1. The molecule has 3 nitrogen and oxygen atoms in total. The van der Waals surface area contributed by atoms with Gasteiger partial charge in [0.05, 0.1) is 0 Å². The lowest BCUT2D eigenvalue weighted by molar-refractivity contribution is 0.0545. The van der Waals surface area contributed by atoms with Gasteiger partial charge in [0.1, 0.15) is 5.60 Å². The maximum absolute atomic E-state index is 11.6. The van der Waals surface area contributed by atoms with Crippen LogP contribution in [0.3, 0.4) is 0 Å². The smallest absolute Gasteiger partial charge is 0.411 e. The molecule has 0 spiro atoms. The van der Waals surface area contributed by atoms with E-state index in [9.17, 15) is 4.79 Å². The van der Waals surface area contributed by atoms with E-state index >= 15 is 0 Å². The van der Waals surface area contributed by atoms with Crippen molar-refractivity contribution in [3.8, 4) is 0 Å². The van der Waals surface area contributed by atoms with Crippen LogP contribution in [0.4, 0.5) is 4.79 Å². The van der Waals surface area contributed by atoms with Gasteiger partial charge < -0.3 is 4.74 Å². The highest BCUT2D eigenvalue weighted by Crippen LogP contribution is 2.10. The molecular weight excluding hydrogens is 226 g/mol. The summed E-state index contributed by atoms with van der Waals surface area (Å²) in [6.45, 7) is 7.53. The zero-order chi connectivity index (χ0) is 13.6. The van der Waals surface area contributed by atoms with Crippen molar-refractivity contribution in [2.45, 2.75) is 39.7 Å². The van der Waals surface area contributed by atoms with Crippen molar-refractivity contribution in [1.29, 1.82) is 0 Å². The molecule has 1 aromatic carbocycles. The molecule has 0 unspecified atom stereocenters. The monoisotopic (exact) mass is 247 g/mol. The third-order valence-electron chi connectivity index (χ3n) is 2.18. The predicted molar refractivity (Wildman–Crippen MR) is 74.1 cm³/mol. The van der Waals surface area contributed by atoms with Crippen molar-refractivity contribution in [2.75, 3.05) is 0 Å². The number of benzene rings is 1. The molecule has 0 aliphatic heterocycles. The summed E-state index contributed by atoms with van der Waals surface area (Å²) in [7, 11) is 0. The summed E-state index contributed by atoms with van der Waals surface area (Å²) in [5, 5.41) is 2.77. The SMILES string of the molecule is CCC(=Cc1ccccc1)NC(=O)OC(C)(C)C. The summed E-state index contributed by atoms with van der Waals surface area (Å²) >= 11 is 0. The number of carbonyl (C=O) groups excluding carboxylic acids is 1. The molecule has 0 aliphatic carbocycles. The highest BCUT2D eigenvalue weighted by Gasteiger charge is 2.16. The third kappa shape index (κ3) is 5.53. The van der Waals surface area contributed by atoms with Crippen LogP contribution in [0.15, 0.2) is 36.0 Å². The Morgan fingerprint density at radius 3 is 2.39 bits per heavy atom. The Balaban J connectivity index is 2.68. The molecule has 3 heteroatoms. The van der Waals surface area contributed by atoms with Gasteiger partial charge in [-0.3, -0.25) is 5.32 Å². The van der Waals surface area contributed by atoms with E-state index in [-0.39, 0.29) is 0 Å². The molecule has 0 saturated heterocycles. The number of carbonyl (C=O) groups is 1. The minimum absolute atomic E-state index is 0.411. The van der Waals surface area contributed by atoms with Gasteiger partial charge in [0.25, 0.3) is 0 Å². The molecule has 0 fully saturated rings. The Labute approximate surface area is 109 Å². The van der Waals surface area contributed by atoms with E-state index in [0.717, 1.165) is 17.7 Å². The molecule has 1 amide bonds. The standard InChI is InChI=1S/C15H21NO2/c1-5-13(11-12-9-7-6-8-10-12)16-14(17)18-15(2,3)4/h6-11H,5H2,1-4H3,(H,16,17). The first-order chi connectivity index (χ1) is 8.40. The summed E-state index contributed by atoms with van der Waals surface area (Å²) in [5.41, 5.74) is 1.43. The van der Waals surface area contributed by atoms with Gasteiger partial charge >= 0.3 is 6.09 Å². The van der Waals surface area contributed by atoms with E-state index in [4.69, 9.17) is 4.74 Å². The Bertz CT molecular complexity index is 416. The van der Waals surface area contributed by atoms with E-state index in [1.54, 1.807) is 0 Å². The number of rotatable bonds is 3. The summed E-state index contributed by atoms with van der Waals surface area (Å²) < 4.78 is 5.22. The maximum atomic E-state index is 11.6. The Kier molecular flexibility index (Phi) is 4.95. The Hall–Kier alpha value is -1.77. The van der Waals surface area contributed by atoms with Crippen molar-refractivity contribution in [2.24, 2.45) is 0 Å². The van der Waals surface area contributed by atoms with Crippen molar-refractivity contribution in [1.82, 2.24) is 5.32 Å². The van der Waals surface area contributed by atoms with Gasteiger partial charge in [-0.05, 0) is 38.8 Å². The highest BCUT2D eigenvalue weighted by atomic mass is 16.6. The van der Waals surface area contributed by atoms with Crippen LogP contribution in [-0.4, -0.2) is 11.7 Å². The Morgan fingerprint density at radius 2 is 1.89 bits per heavy atom. The van der Waals surface area contributed by atoms with Gasteiger partial charge in [-0.1, -0.05) is 37.3 Å². The molecule has 1 aromatic rings. The number of hydrogen-bond donors (Lipinski definition) is 1. The van der Waals surface area contributed by atoms with Crippen LogP contribution in [0.1, 0.15) is 39.7 Å². The van der Waals surface area contributed by atoms with Crippen LogP contribution < -0.4 is 5.32 Å². The van der Waals surface area contributed by atoms with Crippen molar-refractivity contribution in [3.63, 3.8) is 0 Å². The quantitative estimate of drug-likeness (QED) is 0.877. The lowest BCUT2D eigenvalue weighted by Gasteiger charge is -2.20. The second-order valence-electron chi connectivity index (χ2n) is 5.06. The van der Waals surface area contributed by atoms with E-state index < -0.39 is 11.7 Å². The first-order valence-electron chi connectivity index (χ1n) is 6.16. The van der Waals surface area contributed by atoms with Crippen LogP contribution >= 0.6 is 0 Å². The second-order valence-corrected chi connectivity index (χ2v) is 5.06. The first kappa shape index (κ1) is 14.3. The lowest BCUT2D eigenvalue weighted by Crippen LogP contribution is -2.31. The molecule has 0 heterocycles. The molecule has 0 saturated carbocycles. The minimum atomic E-state index is -0.477. The van der Waals surface area contributed by atoms with Gasteiger partial charge in [-0.15, -0.1) is 0 Å². The topological polar surface area (TPSA) is 38.3 Å². The van der Waals surface area contributed by atoms with Gasteiger partial charge in [-0.25, -0.2) is 4.79 Å². The number of ether oxygens (including phenoxy) is 1. The molecule has 0 aliphatic rings. The fourth-order valence-corrected chi connectivity index (χ4v) is 1.41. The lowest BCUT2D eigenvalue weighted by atomic mass is 10.2. The van der Waals surface area contributed by atoms with Crippen molar-refractivity contribution in [3.05, 3.63) is 41.6 Å². The molecule has 0 bridgehead atoms. The maximum Gasteiger partial charge on any atom is 0.411 e. The van der Waals surface area contributed by atoms with E-state index in [1.165, 1.54) is 0 Å². The molecule has 0 atom stereocenters. The van der Waals surface area contributed by atoms with Crippen molar-refractivity contribution < 1.29 is 9.53 Å². The summed E-state index contributed by atoms with van der Waals surface area (Å²) in [4.78, 5) is 11.6. The third-order valence-corrected chi connectivity index (χ3v) is 2.18. The molecule has 0 aromatic heterocycles. The van der Waals surface area contributed by atoms with Crippen LogP contribution in [0.5, 0.6) is 0 Å². The molecular formula is C15H21NO2. The van der Waals surface area contributed by atoms with E-state index in [0.29, 0.717) is 0 Å². The largest absolute Gasteiger partial charge is 0.444 e. The Morgan fingerprint density at radius 1 is 1.28 bits per heavy atom. The van der Waals surface area contributed by atoms with Gasteiger partial charge in [0.2, 0.25) is 0 Å². The predicted octanol–water partition coefficient (Wildman–Crippen LogP) is 3.96. The zero-order valence-electron chi connectivity index (χ0n) is 11.5. The molecule has 1 rings (SSSR count). The van der Waals surface area contributed by atoms with E-state index in [1.807, 2.05) is 64.1 Å². The van der Waals surface area contributed by atoms with E-state index in [2.05, 4.69) is 5.32 Å². The van der Waals surface area contributed by atoms with Crippen molar-refractivity contribution >= 4 is 12.2 Å². The summed E-state index contributed by atoms with van der Waals surface area (Å²) in [6.07, 6.45) is 2.28. The zero-order valence-corrected chi connectivity index (χ0v) is 11.5. The number of nitrogens with one attached hydrogen (secondary N) is 1. The average molecular weight is 247 g/mol. The summed E-state index contributed by atoms with van der Waals surface area (Å²) in [5.74, 6) is 0. The normalized spacial score (nSPS) is 12.1.